The highest BCUT2D eigenvalue weighted by Gasteiger charge is 2.28. The van der Waals surface area contributed by atoms with Crippen LogP contribution in [0, 0.1) is 17.2 Å². The number of piperidine rings is 1. The second kappa shape index (κ2) is 9.62. The highest BCUT2D eigenvalue weighted by molar-refractivity contribution is 5.98. The number of aliphatic hydroxyl groups excluding tert-OH is 1. The summed E-state index contributed by atoms with van der Waals surface area (Å²) in [6.45, 7) is 3.63. The molecule has 152 valence electrons. The van der Waals surface area contributed by atoms with Crippen molar-refractivity contribution in [2.24, 2.45) is 5.92 Å². The summed E-state index contributed by atoms with van der Waals surface area (Å²) in [6, 6.07) is 5.40. The van der Waals surface area contributed by atoms with Gasteiger partial charge < -0.3 is 30.5 Å². The first-order valence-corrected chi connectivity index (χ1v) is 9.83. The average Bonchev–Trinajstić information content (AvgIpc) is 2.92. The number of anilines is 1. The number of nitrogens with zero attached hydrogens (tertiary/aromatic N) is 2. The van der Waals surface area contributed by atoms with Gasteiger partial charge in [0.2, 0.25) is 0 Å². The van der Waals surface area contributed by atoms with Crippen molar-refractivity contribution in [3.8, 4) is 17.6 Å². The Balaban J connectivity index is 1.56. The molecule has 4 N–H and O–H groups in total. The number of rotatable bonds is 6. The standard InChI is InChI=1S/C20H28N4O4/c21-5-1-2-6-24-7-4-14(17(25)13-24)12-23-20(26)16-10-15(22)11-18-19(16)28-9-3-8-27-18/h10-11,14,17,25H,1-4,6-9,12-13,22H2,(H,23,26)/t14-,17?/m0/s1. The van der Waals surface area contributed by atoms with E-state index in [1.807, 2.05) is 0 Å². The number of unbranched alkanes of at least 4 members (excludes halogenated alkanes) is 1. The summed E-state index contributed by atoms with van der Waals surface area (Å²) in [6.07, 6.45) is 2.38. The Hall–Kier alpha value is -2.50. The molecule has 28 heavy (non-hydrogen) atoms. The minimum atomic E-state index is -0.506. The smallest absolute Gasteiger partial charge is 0.255 e. The molecule has 0 aromatic heterocycles. The number of hydrogen-bond acceptors (Lipinski definition) is 7. The minimum absolute atomic E-state index is 0.00648. The van der Waals surface area contributed by atoms with Gasteiger partial charge in [-0.25, -0.2) is 0 Å². The molecule has 0 aliphatic carbocycles. The molecule has 3 rings (SSSR count). The lowest BCUT2D eigenvalue weighted by atomic mass is 9.93. The summed E-state index contributed by atoms with van der Waals surface area (Å²) in [5.41, 5.74) is 6.72. The van der Waals surface area contributed by atoms with Crippen molar-refractivity contribution in [1.29, 1.82) is 5.26 Å². The lowest BCUT2D eigenvalue weighted by Gasteiger charge is -2.36. The fourth-order valence-corrected chi connectivity index (χ4v) is 3.65. The van der Waals surface area contributed by atoms with Crippen LogP contribution in [0.1, 0.15) is 36.0 Å². The quantitative estimate of drug-likeness (QED) is 0.494. The molecule has 8 nitrogen and oxygen atoms in total. The van der Waals surface area contributed by atoms with Gasteiger partial charge in [0, 0.05) is 43.6 Å². The zero-order valence-corrected chi connectivity index (χ0v) is 16.0. The van der Waals surface area contributed by atoms with Gasteiger partial charge in [-0.1, -0.05) is 0 Å². The topological polar surface area (TPSA) is 121 Å². The molecular weight excluding hydrogens is 360 g/mol. The fourth-order valence-electron chi connectivity index (χ4n) is 3.65. The molecule has 0 radical (unpaired) electrons. The van der Waals surface area contributed by atoms with Gasteiger partial charge in [-0.05, 0) is 32.0 Å². The molecule has 1 saturated heterocycles. The van der Waals surface area contributed by atoms with Crippen molar-refractivity contribution >= 4 is 11.6 Å². The lowest BCUT2D eigenvalue weighted by molar-refractivity contribution is 0.0219. The molecule has 1 fully saturated rings. The van der Waals surface area contributed by atoms with E-state index in [-0.39, 0.29) is 11.8 Å². The van der Waals surface area contributed by atoms with Crippen molar-refractivity contribution in [3.05, 3.63) is 17.7 Å². The number of nitriles is 1. The molecular formula is C20H28N4O4. The van der Waals surface area contributed by atoms with E-state index >= 15 is 0 Å². The Labute approximate surface area is 165 Å². The molecule has 2 aliphatic rings. The first-order chi connectivity index (χ1) is 13.6. The zero-order valence-electron chi connectivity index (χ0n) is 16.0. The van der Waals surface area contributed by atoms with Crippen molar-refractivity contribution in [2.45, 2.75) is 31.8 Å². The summed E-state index contributed by atoms with van der Waals surface area (Å²) in [7, 11) is 0. The number of carbonyl (C=O) groups is 1. The average molecular weight is 388 g/mol. The molecule has 2 aliphatic heterocycles. The maximum absolute atomic E-state index is 12.7. The van der Waals surface area contributed by atoms with E-state index in [0.717, 1.165) is 32.4 Å². The Morgan fingerprint density at radius 2 is 2.21 bits per heavy atom. The van der Waals surface area contributed by atoms with Crippen LogP contribution in [0.25, 0.3) is 0 Å². The second-order valence-corrected chi connectivity index (χ2v) is 7.33. The van der Waals surface area contributed by atoms with Crippen molar-refractivity contribution in [1.82, 2.24) is 10.2 Å². The number of benzene rings is 1. The summed E-state index contributed by atoms with van der Waals surface area (Å²) in [5.74, 6) is 0.635. The van der Waals surface area contributed by atoms with E-state index in [9.17, 15) is 9.90 Å². The molecule has 2 heterocycles. The number of nitrogen functional groups attached to an aromatic ring is 1. The molecule has 0 saturated carbocycles. The van der Waals surface area contributed by atoms with E-state index in [2.05, 4.69) is 16.3 Å². The summed E-state index contributed by atoms with van der Waals surface area (Å²) >= 11 is 0. The molecule has 0 bridgehead atoms. The summed E-state index contributed by atoms with van der Waals surface area (Å²) in [5, 5.41) is 22.0. The van der Waals surface area contributed by atoms with Crippen LogP contribution in [0.3, 0.4) is 0 Å². The van der Waals surface area contributed by atoms with E-state index in [0.29, 0.717) is 55.5 Å². The predicted octanol–water partition coefficient (Wildman–Crippen LogP) is 1.15. The summed E-state index contributed by atoms with van der Waals surface area (Å²) < 4.78 is 11.3. The Morgan fingerprint density at radius 3 is 3.00 bits per heavy atom. The maximum atomic E-state index is 12.7. The molecule has 1 unspecified atom stereocenters. The number of nitrogens with one attached hydrogen (secondary N) is 1. The highest BCUT2D eigenvalue weighted by Crippen LogP contribution is 2.35. The van der Waals surface area contributed by atoms with Crippen LogP contribution in [0.5, 0.6) is 11.5 Å². The van der Waals surface area contributed by atoms with E-state index in [1.54, 1.807) is 12.1 Å². The molecule has 1 aromatic rings. The number of β-amino-alcohol motifs (C(OH)–C–C–N with tert-alkyl or cyclic N) is 1. The minimum Gasteiger partial charge on any atom is -0.489 e. The number of ether oxygens (including phenoxy) is 2. The van der Waals surface area contributed by atoms with Crippen LogP contribution in [0.4, 0.5) is 5.69 Å². The van der Waals surface area contributed by atoms with Gasteiger partial charge >= 0.3 is 0 Å². The van der Waals surface area contributed by atoms with E-state index in [1.165, 1.54) is 0 Å². The number of carbonyl (C=O) groups excluding carboxylic acids is 1. The molecule has 8 heteroatoms. The van der Waals surface area contributed by atoms with Crippen LogP contribution < -0.4 is 20.5 Å². The number of likely N-dealkylation sites (tertiary alicyclic amines) is 1. The maximum Gasteiger partial charge on any atom is 0.255 e. The van der Waals surface area contributed by atoms with Crippen LogP contribution >= 0.6 is 0 Å². The van der Waals surface area contributed by atoms with Crippen molar-refractivity contribution in [3.63, 3.8) is 0 Å². The fraction of sp³-hybridized carbons (Fsp3) is 0.600. The van der Waals surface area contributed by atoms with Crippen molar-refractivity contribution < 1.29 is 19.4 Å². The van der Waals surface area contributed by atoms with E-state index in [4.69, 9.17) is 20.5 Å². The third-order valence-electron chi connectivity index (χ3n) is 5.21. The van der Waals surface area contributed by atoms with Crippen LogP contribution in [-0.2, 0) is 0 Å². The largest absolute Gasteiger partial charge is 0.489 e. The van der Waals surface area contributed by atoms with Gasteiger partial charge in [-0.15, -0.1) is 0 Å². The number of fused-ring (bicyclic) bond motifs is 1. The first-order valence-electron chi connectivity index (χ1n) is 9.83. The summed E-state index contributed by atoms with van der Waals surface area (Å²) in [4.78, 5) is 14.9. The van der Waals surface area contributed by atoms with Crippen LogP contribution in [0.2, 0.25) is 0 Å². The molecule has 1 amide bonds. The number of nitrogens with two attached hydrogens (primary N) is 1. The van der Waals surface area contributed by atoms with Gasteiger partial charge in [0.25, 0.3) is 5.91 Å². The predicted molar refractivity (Wildman–Crippen MR) is 104 cm³/mol. The third kappa shape index (κ3) is 5.06. The Bertz CT molecular complexity index is 734. The van der Waals surface area contributed by atoms with Crippen molar-refractivity contribution in [2.75, 3.05) is 45.1 Å². The molecule has 1 aromatic carbocycles. The second-order valence-electron chi connectivity index (χ2n) is 7.33. The lowest BCUT2D eigenvalue weighted by Crippen LogP contribution is -2.47. The number of hydrogen-bond donors (Lipinski definition) is 3. The zero-order chi connectivity index (χ0) is 19.9. The Kier molecular flexibility index (Phi) is 6.95. The van der Waals surface area contributed by atoms with Gasteiger partial charge in [0.05, 0.1) is 31.0 Å². The number of amides is 1. The molecule has 2 atom stereocenters. The van der Waals surface area contributed by atoms with Gasteiger partial charge in [-0.2, -0.15) is 5.26 Å². The monoisotopic (exact) mass is 388 g/mol. The SMILES string of the molecule is N#CCCCN1CC[C@@H](CNC(=O)c2cc(N)cc3c2OCCCO3)C(O)C1. The first kappa shape index (κ1) is 20.2. The van der Waals surface area contributed by atoms with Crippen LogP contribution in [-0.4, -0.2) is 61.4 Å². The molecule has 0 spiro atoms. The van der Waals surface area contributed by atoms with Crippen LogP contribution in [0.15, 0.2) is 12.1 Å². The number of aliphatic hydroxyl groups is 1. The van der Waals surface area contributed by atoms with Gasteiger partial charge in [-0.3, -0.25) is 4.79 Å². The third-order valence-corrected chi connectivity index (χ3v) is 5.21. The van der Waals surface area contributed by atoms with Gasteiger partial charge in [0.1, 0.15) is 0 Å². The Morgan fingerprint density at radius 1 is 1.39 bits per heavy atom. The van der Waals surface area contributed by atoms with Gasteiger partial charge in [0.15, 0.2) is 11.5 Å². The van der Waals surface area contributed by atoms with E-state index < -0.39 is 6.10 Å². The normalized spacial score (nSPS) is 22.1. The highest BCUT2D eigenvalue weighted by atomic mass is 16.5.